The summed E-state index contributed by atoms with van der Waals surface area (Å²) in [4.78, 5) is 6.69. The molecule has 0 radical (unpaired) electrons. The van der Waals surface area contributed by atoms with Gasteiger partial charge in [-0.2, -0.15) is 0 Å². The van der Waals surface area contributed by atoms with E-state index in [0.29, 0.717) is 6.61 Å². The molecule has 2 N–H and O–H groups in total. The van der Waals surface area contributed by atoms with E-state index in [0.717, 1.165) is 17.9 Å². The highest BCUT2D eigenvalue weighted by atomic mass is 16.5. The maximum absolute atomic E-state index is 5.98. The molecule has 0 aliphatic heterocycles. The first-order chi connectivity index (χ1) is 8.11. The smallest absolute Gasteiger partial charge is 0.133 e. The first-order valence-electron chi connectivity index (χ1n) is 6.07. The van der Waals surface area contributed by atoms with Crippen LogP contribution in [0.1, 0.15) is 32.4 Å². The molecule has 1 aromatic heterocycles. The minimum Gasteiger partial charge on any atom is -0.383 e. The summed E-state index contributed by atoms with van der Waals surface area (Å²) in [7, 11) is 1.72. The molecule has 1 unspecified atom stereocenters. The van der Waals surface area contributed by atoms with Gasteiger partial charge in [0.15, 0.2) is 0 Å². The van der Waals surface area contributed by atoms with Gasteiger partial charge in [-0.25, -0.2) is 4.98 Å². The molecule has 0 fully saturated rings. The summed E-state index contributed by atoms with van der Waals surface area (Å²) < 4.78 is 5.21. The van der Waals surface area contributed by atoms with Crippen LogP contribution in [0.3, 0.4) is 0 Å². The molecule has 0 bridgehead atoms. The highest BCUT2D eigenvalue weighted by molar-refractivity contribution is 5.48. The summed E-state index contributed by atoms with van der Waals surface area (Å²) in [5, 5.41) is 0. The van der Waals surface area contributed by atoms with E-state index < -0.39 is 0 Å². The zero-order chi connectivity index (χ0) is 12.8. The minimum atomic E-state index is -0.0116. The number of likely N-dealkylation sites (N-methyl/N-ethyl adjacent to an activating group) is 1. The molecule has 0 aliphatic carbocycles. The van der Waals surface area contributed by atoms with Crippen molar-refractivity contribution in [3.05, 3.63) is 23.9 Å². The van der Waals surface area contributed by atoms with E-state index in [-0.39, 0.29) is 12.1 Å². The Labute approximate surface area is 104 Å². The van der Waals surface area contributed by atoms with Crippen molar-refractivity contribution in [3.8, 4) is 0 Å². The molecule has 17 heavy (non-hydrogen) atoms. The maximum Gasteiger partial charge on any atom is 0.133 e. The fourth-order valence-corrected chi connectivity index (χ4v) is 2.01. The van der Waals surface area contributed by atoms with Crippen molar-refractivity contribution >= 4 is 5.82 Å². The van der Waals surface area contributed by atoms with Gasteiger partial charge in [0, 0.05) is 31.5 Å². The molecule has 0 saturated heterocycles. The quantitative estimate of drug-likeness (QED) is 0.821. The van der Waals surface area contributed by atoms with Crippen LogP contribution >= 0.6 is 0 Å². The number of nitrogens with two attached hydrogens (primary N) is 1. The lowest BCUT2D eigenvalue weighted by Crippen LogP contribution is -2.37. The molecule has 96 valence electrons. The summed E-state index contributed by atoms with van der Waals surface area (Å²) >= 11 is 0. The largest absolute Gasteiger partial charge is 0.383 e. The number of hydrogen-bond donors (Lipinski definition) is 1. The monoisotopic (exact) mass is 237 g/mol. The third-order valence-corrected chi connectivity index (χ3v) is 2.86. The maximum atomic E-state index is 5.98. The molecule has 0 aliphatic rings. The Morgan fingerprint density at radius 2 is 2.18 bits per heavy atom. The number of ether oxygens (including phenoxy) is 1. The van der Waals surface area contributed by atoms with Crippen molar-refractivity contribution in [2.75, 3.05) is 25.2 Å². The van der Waals surface area contributed by atoms with Crippen molar-refractivity contribution in [2.24, 2.45) is 5.73 Å². The van der Waals surface area contributed by atoms with E-state index in [1.54, 1.807) is 7.11 Å². The van der Waals surface area contributed by atoms with E-state index in [4.69, 9.17) is 10.5 Å². The number of methoxy groups -OCH3 is 1. The van der Waals surface area contributed by atoms with Crippen LogP contribution < -0.4 is 10.6 Å². The second-order valence-corrected chi connectivity index (χ2v) is 4.30. The molecule has 0 aromatic carbocycles. The number of rotatable bonds is 6. The van der Waals surface area contributed by atoms with Crippen molar-refractivity contribution < 1.29 is 4.74 Å². The van der Waals surface area contributed by atoms with Crippen LogP contribution in [-0.4, -0.2) is 31.3 Å². The summed E-state index contributed by atoms with van der Waals surface area (Å²) in [6.07, 6.45) is 1.81. The topological polar surface area (TPSA) is 51.4 Å². The molecular formula is C13H23N3O. The van der Waals surface area contributed by atoms with Crippen LogP contribution in [0.25, 0.3) is 0 Å². The molecule has 0 spiro atoms. The second kappa shape index (κ2) is 6.57. The average molecular weight is 237 g/mol. The van der Waals surface area contributed by atoms with Gasteiger partial charge in [-0.1, -0.05) is 6.07 Å². The first kappa shape index (κ1) is 13.9. The summed E-state index contributed by atoms with van der Waals surface area (Å²) in [5.41, 5.74) is 7.06. The van der Waals surface area contributed by atoms with E-state index >= 15 is 0 Å². The first-order valence-corrected chi connectivity index (χ1v) is 6.07. The fourth-order valence-electron chi connectivity index (χ4n) is 2.01. The number of pyridine rings is 1. The number of nitrogens with zero attached hydrogens (tertiary/aromatic N) is 2. The van der Waals surface area contributed by atoms with Crippen molar-refractivity contribution in [2.45, 2.75) is 32.9 Å². The van der Waals surface area contributed by atoms with E-state index in [1.807, 2.05) is 25.3 Å². The standard InChI is InChI=1S/C13H23N3O/c1-5-16(10(2)9-17-4)13-12(11(3)14)7-6-8-15-13/h6-8,10-11H,5,9,14H2,1-4H3/t10?,11-/m1/s1. The van der Waals surface area contributed by atoms with E-state index in [9.17, 15) is 0 Å². The highest BCUT2D eigenvalue weighted by Crippen LogP contribution is 2.23. The molecule has 0 saturated carbocycles. The predicted octanol–water partition coefficient (Wildman–Crippen LogP) is 1.96. The third-order valence-electron chi connectivity index (χ3n) is 2.86. The van der Waals surface area contributed by atoms with Gasteiger partial charge in [-0.3, -0.25) is 0 Å². The third kappa shape index (κ3) is 3.41. The zero-order valence-electron chi connectivity index (χ0n) is 11.2. The highest BCUT2D eigenvalue weighted by Gasteiger charge is 2.18. The number of hydrogen-bond acceptors (Lipinski definition) is 4. The van der Waals surface area contributed by atoms with Gasteiger partial charge in [0.25, 0.3) is 0 Å². The molecule has 4 heteroatoms. The Morgan fingerprint density at radius 1 is 1.47 bits per heavy atom. The molecule has 2 atom stereocenters. The van der Waals surface area contributed by atoms with Crippen LogP contribution in [0.15, 0.2) is 18.3 Å². The van der Waals surface area contributed by atoms with Crippen molar-refractivity contribution in [1.29, 1.82) is 0 Å². The van der Waals surface area contributed by atoms with Crippen LogP contribution in [0.5, 0.6) is 0 Å². The fraction of sp³-hybridized carbons (Fsp3) is 0.615. The van der Waals surface area contributed by atoms with Gasteiger partial charge in [-0.15, -0.1) is 0 Å². The van der Waals surface area contributed by atoms with Gasteiger partial charge in [-0.05, 0) is 26.8 Å². The van der Waals surface area contributed by atoms with Gasteiger partial charge in [0.1, 0.15) is 5.82 Å². The zero-order valence-corrected chi connectivity index (χ0v) is 11.2. The van der Waals surface area contributed by atoms with Crippen LogP contribution in [-0.2, 0) is 4.74 Å². The SMILES string of the molecule is CCN(c1ncccc1[C@@H](C)N)C(C)COC. The Hall–Kier alpha value is -1.13. The second-order valence-electron chi connectivity index (χ2n) is 4.30. The minimum absolute atomic E-state index is 0.0116. The number of aromatic nitrogens is 1. The average Bonchev–Trinajstić information content (AvgIpc) is 2.31. The van der Waals surface area contributed by atoms with Crippen molar-refractivity contribution in [3.63, 3.8) is 0 Å². The summed E-state index contributed by atoms with van der Waals surface area (Å²) in [6.45, 7) is 7.80. The predicted molar refractivity (Wildman–Crippen MR) is 71.2 cm³/mol. The molecular weight excluding hydrogens is 214 g/mol. The van der Waals surface area contributed by atoms with E-state index in [2.05, 4.69) is 23.7 Å². The lowest BCUT2D eigenvalue weighted by atomic mass is 10.1. The Kier molecular flexibility index (Phi) is 5.38. The Balaban J connectivity index is 3.02. The molecule has 1 rings (SSSR count). The Bertz CT molecular complexity index is 341. The van der Waals surface area contributed by atoms with Gasteiger partial charge in [0.05, 0.1) is 12.6 Å². The van der Waals surface area contributed by atoms with Crippen molar-refractivity contribution in [1.82, 2.24) is 4.98 Å². The van der Waals surface area contributed by atoms with Crippen LogP contribution in [0.4, 0.5) is 5.82 Å². The van der Waals surface area contributed by atoms with Gasteiger partial charge >= 0.3 is 0 Å². The number of anilines is 1. The normalized spacial score (nSPS) is 14.4. The van der Waals surface area contributed by atoms with Crippen LogP contribution in [0, 0.1) is 0 Å². The summed E-state index contributed by atoms with van der Waals surface area (Å²) in [6, 6.07) is 4.24. The van der Waals surface area contributed by atoms with Crippen LogP contribution in [0.2, 0.25) is 0 Å². The molecule has 1 aromatic rings. The summed E-state index contributed by atoms with van der Waals surface area (Å²) in [5.74, 6) is 0.967. The molecule has 1 heterocycles. The van der Waals surface area contributed by atoms with E-state index in [1.165, 1.54) is 0 Å². The Morgan fingerprint density at radius 3 is 2.71 bits per heavy atom. The molecule has 0 amide bonds. The lowest BCUT2D eigenvalue weighted by Gasteiger charge is -2.31. The van der Waals surface area contributed by atoms with Gasteiger partial charge < -0.3 is 15.4 Å². The van der Waals surface area contributed by atoms with Gasteiger partial charge in [0.2, 0.25) is 0 Å². The lowest BCUT2D eigenvalue weighted by molar-refractivity contribution is 0.181. The molecule has 4 nitrogen and oxygen atoms in total.